The van der Waals surface area contributed by atoms with Crippen LogP contribution in [-0.2, 0) is 13.9 Å². The summed E-state index contributed by atoms with van der Waals surface area (Å²) in [5.74, 6) is -1.04. The van der Waals surface area contributed by atoms with Crippen molar-refractivity contribution >= 4 is 13.7 Å². The van der Waals surface area contributed by atoms with Crippen molar-refractivity contribution in [3.63, 3.8) is 0 Å². The predicted octanol–water partition coefficient (Wildman–Crippen LogP) is -0.515. The zero-order chi connectivity index (χ0) is 9.07. The van der Waals surface area contributed by atoms with Gasteiger partial charge in [0.1, 0.15) is 5.76 Å². The molecule has 64 valence electrons. The van der Waals surface area contributed by atoms with Crippen molar-refractivity contribution in [3.8, 4) is 0 Å². The van der Waals surface area contributed by atoms with Crippen LogP contribution in [-0.4, -0.2) is 15.7 Å². The Labute approximate surface area is 62.9 Å². The normalized spacial score (nSPS) is 12.8. The molecule has 0 bridgehead atoms. The molecule has 0 saturated carbocycles. The van der Waals surface area contributed by atoms with Crippen molar-refractivity contribution in [1.82, 2.24) is 0 Å². The van der Waals surface area contributed by atoms with Gasteiger partial charge in [0.25, 0.3) is 0 Å². The molecule has 0 radical (unpaired) electrons. The molecular weight excluding hydrogens is 173 g/mol. The van der Waals surface area contributed by atoms with Gasteiger partial charge in [0, 0.05) is 6.08 Å². The molecule has 7 heteroatoms. The minimum atomic E-state index is -4.55. The van der Waals surface area contributed by atoms with Gasteiger partial charge in [0.15, 0.2) is 0 Å². The number of rotatable bonds is 3. The summed E-state index contributed by atoms with van der Waals surface area (Å²) in [5.41, 5.74) is 4.66. The Bertz CT molecular complexity index is 229. The topological polar surface area (TPSA) is 110 Å². The summed E-state index contributed by atoms with van der Waals surface area (Å²) < 4.78 is 14.1. The molecule has 0 aliphatic rings. The molecule has 0 unspecified atom stereocenters. The molecule has 6 nitrogen and oxygen atoms in total. The van der Waals surface area contributed by atoms with E-state index in [1.807, 2.05) is 0 Å². The van der Waals surface area contributed by atoms with E-state index in [0.717, 1.165) is 6.08 Å². The van der Waals surface area contributed by atoms with Crippen LogP contribution in [0.5, 0.6) is 0 Å². The van der Waals surface area contributed by atoms with Crippen LogP contribution in [0.15, 0.2) is 11.8 Å². The largest absolute Gasteiger partial charge is 0.524 e. The van der Waals surface area contributed by atoms with Crippen molar-refractivity contribution in [3.05, 3.63) is 11.8 Å². The highest BCUT2D eigenvalue weighted by atomic mass is 31.2. The molecule has 0 saturated heterocycles. The summed E-state index contributed by atoms with van der Waals surface area (Å²) >= 11 is 0. The quantitative estimate of drug-likeness (QED) is 0.308. The lowest BCUT2D eigenvalue weighted by Gasteiger charge is -2.04. The number of nitrogens with two attached hydrogens (primary N) is 1. The Hall–Kier alpha value is -0.840. The summed E-state index contributed by atoms with van der Waals surface area (Å²) in [6.07, 6.45) is 0.777. The number of hydrogen-bond donors (Lipinski definition) is 3. The second-order valence-electron chi connectivity index (χ2n) is 1.74. The number of carbonyl (C=O) groups is 1. The first-order valence-corrected chi connectivity index (χ1v) is 4.07. The molecule has 0 aliphatic heterocycles. The molecule has 0 fully saturated rings. The van der Waals surface area contributed by atoms with Gasteiger partial charge in [-0.1, -0.05) is 0 Å². The van der Waals surface area contributed by atoms with E-state index in [-0.39, 0.29) is 5.76 Å². The molecule has 0 aromatic rings. The molecule has 0 aromatic heterocycles. The van der Waals surface area contributed by atoms with Gasteiger partial charge in [-0.3, -0.25) is 14.6 Å². The lowest BCUT2D eigenvalue weighted by atomic mass is 10.5. The fourth-order valence-corrected chi connectivity index (χ4v) is 0.842. The van der Waals surface area contributed by atoms with Crippen LogP contribution in [0.2, 0.25) is 0 Å². The van der Waals surface area contributed by atoms with Crippen molar-refractivity contribution in [1.29, 1.82) is 0 Å². The lowest BCUT2D eigenvalue weighted by Crippen LogP contribution is -2.07. The zero-order valence-corrected chi connectivity index (χ0v) is 6.62. The maximum Gasteiger partial charge on any atom is 0.524 e. The number of amides is 1. The number of phosphoric ester groups is 1. The molecule has 11 heavy (non-hydrogen) atoms. The third-order valence-electron chi connectivity index (χ3n) is 0.608. The van der Waals surface area contributed by atoms with E-state index in [2.05, 4.69) is 10.3 Å². The summed E-state index contributed by atoms with van der Waals surface area (Å²) in [4.78, 5) is 26.5. The average Bonchev–Trinajstić information content (AvgIpc) is 1.53. The standard InChI is InChI=1S/C4H8NO5P/c1-3(2-4(5)6)10-11(7,8)9/h2H,1H3,(H2,5,6)(H2,7,8,9)/b3-2+. The molecule has 0 aliphatic carbocycles. The van der Waals surface area contributed by atoms with Crippen LogP contribution in [0.25, 0.3) is 0 Å². The first-order chi connectivity index (χ1) is 4.81. The predicted molar refractivity (Wildman–Crippen MR) is 36.1 cm³/mol. The molecule has 0 spiro atoms. The Morgan fingerprint density at radius 1 is 1.64 bits per heavy atom. The van der Waals surface area contributed by atoms with Gasteiger partial charge in [0.05, 0.1) is 0 Å². The number of phosphoric acid groups is 1. The van der Waals surface area contributed by atoms with E-state index >= 15 is 0 Å². The molecule has 0 atom stereocenters. The maximum atomic E-state index is 10.1. The van der Waals surface area contributed by atoms with Gasteiger partial charge < -0.3 is 10.3 Å². The monoisotopic (exact) mass is 181 g/mol. The second kappa shape index (κ2) is 3.52. The summed E-state index contributed by atoms with van der Waals surface area (Å²) in [6, 6.07) is 0. The van der Waals surface area contributed by atoms with Crippen molar-refractivity contribution in [2.45, 2.75) is 6.92 Å². The third-order valence-corrected chi connectivity index (χ3v) is 1.13. The van der Waals surface area contributed by atoms with Crippen molar-refractivity contribution in [2.24, 2.45) is 5.73 Å². The van der Waals surface area contributed by atoms with Crippen LogP contribution >= 0.6 is 7.82 Å². The maximum absolute atomic E-state index is 10.1. The third kappa shape index (κ3) is 7.05. The van der Waals surface area contributed by atoms with Gasteiger partial charge >= 0.3 is 7.82 Å². The zero-order valence-electron chi connectivity index (χ0n) is 5.72. The SMILES string of the molecule is C/C(=C\C(N)=O)OP(=O)(O)O. The van der Waals surface area contributed by atoms with Gasteiger partial charge in [-0.15, -0.1) is 0 Å². The molecule has 0 rings (SSSR count). The Morgan fingerprint density at radius 3 is 2.36 bits per heavy atom. The van der Waals surface area contributed by atoms with E-state index in [0.29, 0.717) is 0 Å². The molecule has 4 N–H and O–H groups in total. The number of primary amides is 1. The van der Waals surface area contributed by atoms with E-state index < -0.39 is 13.7 Å². The summed E-state index contributed by atoms with van der Waals surface area (Å²) in [5, 5.41) is 0. The van der Waals surface area contributed by atoms with E-state index in [4.69, 9.17) is 9.79 Å². The van der Waals surface area contributed by atoms with Crippen LogP contribution < -0.4 is 5.73 Å². The van der Waals surface area contributed by atoms with Crippen LogP contribution in [0.3, 0.4) is 0 Å². The Balaban J connectivity index is 4.19. The first-order valence-electron chi connectivity index (χ1n) is 2.54. The van der Waals surface area contributed by atoms with Gasteiger partial charge in [-0.05, 0) is 6.92 Å². The minimum Gasteiger partial charge on any atom is -0.409 e. The highest BCUT2D eigenvalue weighted by molar-refractivity contribution is 7.46. The number of allylic oxidation sites excluding steroid dienone is 1. The highest BCUT2D eigenvalue weighted by Crippen LogP contribution is 2.38. The fourth-order valence-electron chi connectivity index (χ4n) is 0.414. The number of carbonyl (C=O) groups excluding carboxylic acids is 1. The highest BCUT2D eigenvalue weighted by Gasteiger charge is 2.15. The van der Waals surface area contributed by atoms with E-state index in [1.165, 1.54) is 6.92 Å². The second-order valence-corrected chi connectivity index (χ2v) is 2.90. The van der Waals surface area contributed by atoms with Crippen LogP contribution in [0.4, 0.5) is 0 Å². The number of hydrogen-bond acceptors (Lipinski definition) is 3. The summed E-state index contributed by atoms with van der Waals surface area (Å²) in [6.45, 7) is 1.21. The van der Waals surface area contributed by atoms with Gasteiger partial charge in [-0.2, -0.15) is 0 Å². The van der Waals surface area contributed by atoms with Gasteiger partial charge in [0.2, 0.25) is 5.91 Å². The van der Waals surface area contributed by atoms with E-state index in [9.17, 15) is 9.36 Å². The van der Waals surface area contributed by atoms with E-state index in [1.54, 1.807) is 0 Å². The molecule has 0 heterocycles. The molecular formula is C4H8NO5P. The molecule has 1 amide bonds. The minimum absolute atomic E-state index is 0.217. The smallest absolute Gasteiger partial charge is 0.409 e. The lowest BCUT2D eigenvalue weighted by molar-refractivity contribution is -0.113. The van der Waals surface area contributed by atoms with Crippen LogP contribution in [0, 0.1) is 0 Å². The Morgan fingerprint density at radius 2 is 2.09 bits per heavy atom. The molecule has 0 aromatic carbocycles. The van der Waals surface area contributed by atoms with Crippen molar-refractivity contribution in [2.75, 3.05) is 0 Å². The average molecular weight is 181 g/mol. The fraction of sp³-hybridized carbons (Fsp3) is 0.250. The summed E-state index contributed by atoms with van der Waals surface area (Å²) in [7, 11) is -4.55. The van der Waals surface area contributed by atoms with Crippen molar-refractivity contribution < 1.29 is 23.7 Å². The first kappa shape index (κ1) is 10.2. The Kier molecular flexibility index (Phi) is 3.25. The van der Waals surface area contributed by atoms with Gasteiger partial charge in [-0.25, -0.2) is 4.57 Å². The van der Waals surface area contributed by atoms with Crippen LogP contribution in [0.1, 0.15) is 6.92 Å².